The first kappa shape index (κ1) is 12.4. The number of thiophene rings is 1. The van der Waals surface area contributed by atoms with Gasteiger partial charge in [0.15, 0.2) is 0 Å². The van der Waals surface area contributed by atoms with Crippen molar-refractivity contribution in [1.82, 2.24) is 0 Å². The first-order valence-corrected chi connectivity index (χ1v) is 7.36. The Morgan fingerprint density at radius 1 is 0.941 bits per heavy atom. The summed E-state index contributed by atoms with van der Waals surface area (Å²) in [6.07, 6.45) is 6.15. The van der Waals surface area contributed by atoms with E-state index in [1.165, 1.54) is 48.1 Å². The second kappa shape index (κ2) is 6.61. The highest BCUT2D eigenvalue weighted by atomic mass is 32.1. The summed E-state index contributed by atoms with van der Waals surface area (Å²) in [6.45, 7) is 2.25. The van der Waals surface area contributed by atoms with Crippen molar-refractivity contribution >= 4 is 11.3 Å². The van der Waals surface area contributed by atoms with Gasteiger partial charge < -0.3 is 0 Å². The summed E-state index contributed by atoms with van der Waals surface area (Å²) < 4.78 is 0. The van der Waals surface area contributed by atoms with E-state index in [1.807, 2.05) is 11.3 Å². The van der Waals surface area contributed by atoms with Gasteiger partial charge in [-0.25, -0.2) is 0 Å². The van der Waals surface area contributed by atoms with E-state index in [9.17, 15) is 0 Å². The van der Waals surface area contributed by atoms with Crippen molar-refractivity contribution < 1.29 is 0 Å². The zero-order chi connectivity index (χ0) is 11.9. The highest BCUT2D eigenvalue weighted by Crippen LogP contribution is 2.14. The molecule has 17 heavy (non-hydrogen) atoms. The topological polar surface area (TPSA) is 0 Å². The Morgan fingerprint density at radius 3 is 2.47 bits per heavy atom. The van der Waals surface area contributed by atoms with Gasteiger partial charge in [-0.1, -0.05) is 43.7 Å². The van der Waals surface area contributed by atoms with Crippen LogP contribution in [0.2, 0.25) is 0 Å². The summed E-state index contributed by atoms with van der Waals surface area (Å²) in [5.74, 6) is 0. The fraction of sp³-hybridized carbons (Fsp3) is 0.375. The molecule has 0 aliphatic heterocycles. The summed E-state index contributed by atoms with van der Waals surface area (Å²) >= 11 is 1.86. The number of unbranched alkanes of at least 4 members (excludes halogenated alkanes) is 1. The van der Waals surface area contributed by atoms with Gasteiger partial charge in [0.2, 0.25) is 0 Å². The summed E-state index contributed by atoms with van der Waals surface area (Å²) in [5, 5.41) is 2.16. The Bertz CT molecular complexity index is 429. The zero-order valence-corrected chi connectivity index (χ0v) is 11.3. The van der Waals surface area contributed by atoms with Crippen molar-refractivity contribution in [2.45, 2.75) is 39.0 Å². The average Bonchev–Trinajstić information content (AvgIpc) is 2.87. The molecule has 2 rings (SSSR count). The number of aryl methyl sites for hydroxylation is 3. The second-order valence-electron chi connectivity index (χ2n) is 4.50. The smallest absolute Gasteiger partial charge is 0.00485 e. The molecule has 1 heterocycles. The van der Waals surface area contributed by atoms with Crippen molar-refractivity contribution in [3.8, 4) is 0 Å². The quantitative estimate of drug-likeness (QED) is 0.679. The lowest BCUT2D eigenvalue weighted by atomic mass is 10.0. The molecule has 0 nitrogen and oxygen atoms in total. The summed E-state index contributed by atoms with van der Waals surface area (Å²) in [5.41, 5.74) is 2.97. The number of rotatable bonds is 6. The molecule has 0 spiro atoms. The van der Waals surface area contributed by atoms with Crippen molar-refractivity contribution in [2.75, 3.05) is 0 Å². The Kier molecular flexibility index (Phi) is 4.81. The third kappa shape index (κ3) is 4.01. The molecule has 1 aromatic carbocycles. The van der Waals surface area contributed by atoms with E-state index in [-0.39, 0.29) is 0 Å². The Balaban J connectivity index is 1.91. The standard InChI is InChI=1S/C16H20S/c1-2-3-6-14-7-4-8-15(13-14)10-11-16-9-5-12-17-16/h4-5,7-9,12-13H,2-3,6,10-11H2,1H3. The van der Waals surface area contributed by atoms with E-state index in [2.05, 4.69) is 48.7 Å². The molecule has 0 bridgehead atoms. The van der Waals surface area contributed by atoms with E-state index in [4.69, 9.17) is 0 Å². The van der Waals surface area contributed by atoms with E-state index < -0.39 is 0 Å². The molecule has 0 amide bonds. The maximum absolute atomic E-state index is 2.38. The molecule has 1 aromatic heterocycles. The summed E-state index contributed by atoms with van der Waals surface area (Å²) in [6, 6.07) is 13.5. The van der Waals surface area contributed by atoms with Crippen LogP contribution < -0.4 is 0 Å². The lowest BCUT2D eigenvalue weighted by Crippen LogP contribution is -1.91. The molecule has 0 radical (unpaired) electrons. The van der Waals surface area contributed by atoms with Crippen LogP contribution in [0.1, 0.15) is 35.8 Å². The van der Waals surface area contributed by atoms with E-state index in [0.29, 0.717) is 0 Å². The number of benzene rings is 1. The third-order valence-electron chi connectivity index (χ3n) is 3.05. The summed E-state index contributed by atoms with van der Waals surface area (Å²) in [4.78, 5) is 1.49. The minimum atomic E-state index is 1.17. The molecule has 0 aliphatic carbocycles. The maximum Gasteiger partial charge on any atom is 0.00485 e. The lowest BCUT2D eigenvalue weighted by molar-refractivity contribution is 0.793. The predicted octanol–water partition coefficient (Wildman–Crippen LogP) is 4.88. The van der Waals surface area contributed by atoms with Crippen LogP contribution >= 0.6 is 11.3 Å². The predicted molar refractivity (Wildman–Crippen MR) is 76.8 cm³/mol. The van der Waals surface area contributed by atoms with Gasteiger partial charge in [0.25, 0.3) is 0 Å². The summed E-state index contributed by atoms with van der Waals surface area (Å²) in [7, 11) is 0. The second-order valence-corrected chi connectivity index (χ2v) is 5.54. The van der Waals surface area contributed by atoms with E-state index >= 15 is 0 Å². The monoisotopic (exact) mass is 244 g/mol. The van der Waals surface area contributed by atoms with Crippen LogP contribution in [0, 0.1) is 0 Å². The molecule has 0 N–H and O–H groups in total. The van der Waals surface area contributed by atoms with Gasteiger partial charge in [0.05, 0.1) is 0 Å². The first-order valence-electron chi connectivity index (χ1n) is 6.48. The molecule has 0 unspecified atom stereocenters. The van der Waals surface area contributed by atoms with Crippen molar-refractivity contribution in [2.24, 2.45) is 0 Å². The van der Waals surface area contributed by atoms with Crippen LogP contribution in [-0.2, 0) is 19.3 Å². The minimum absolute atomic E-state index is 1.17. The third-order valence-corrected chi connectivity index (χ3v) is 3.99. The van der Waals surface area contributed by atoms with Crippen LogP contribution in [0.15, 0.2) is 41.8 Å². The van der Waals surface area contributed by atoms with Gasteiger partial charge in [-0.15, -0.1) is 11.3 Å². The Hall–Kier alpha value is -1.08. The first-order chi connectivity index (χ1) is 8.38. The Labute approximate surface area is 108 Å². The highest BCUT2D eigenvalue weighted by molar-refractivity contribution is 7.09. The molecule has 0 saturated heterocycles. The van der Waals surface area contributed by atoms with Gasteiger partial charge in [0, 0.05) is 4.88 Å². The fourth-order valence-corrected chi connectivity index (χ4v) is 2.75. The molecule has 0 fully saturated rings. The molecule has 0 atom stereocenters. The van der Waals surface area contributed by atoms with Gasteiger partial charge in [0.1, 0.15) is 0 Å². The normalized spacial score (nSPS) is 10.6. The zero-order valence-electron chi connectivity index (χ0n) is 10.5. The average molecular weight is 244 g/mol. The number of hydrogen-bond acceptors (Lipinski definition) is 1. The molecule has 90 valence electrons. The van der Waals surface area contributed by atoms with E-state index in [1.54, 1.807) is 0 Å². The Morgan fingerprint density at radius 2 is 1.76 bits per heavy atom. The lowest BCUT2D eigenvalue weighted by Gasteiger charge is -2.04. The molecule has 0 aliphatic rings. The SMILES string of the molecule is CCCCc1cccc(CCc2cccs2)c1. The van der Waals surface area contributed by atoms with Crippen molar-refractivity contribution in [3.63, 3.8) is 0 Å². The van der Waals surface area contributed by atoms with Gasteiger partial charge >= 0.3 is 0 Å². The van der Waals surface area contributed by atoms with Crippen LogP contribution in [-0.4, -0.2) is 0 Å². The van der Waals surface area contributed by atoms with Crippen LogP contribution in [0.3, 0.4) is 0 Å². The van der Waals surface area contributed by atoms with Crippen molar-refractivity contribution in [1.29, 1.82) is 0 Å². The van der Waals surface area contributed by atoms with Crippen LogP contribution in [0.25, 0.3) is 0 Å². The highest BCUT2D eigenvalue weighted by Gasteiger charge is 1.98. The van der Waals surface area contributed by atoms with Crippen LogP contribution in [0.5, 0.6) is 0 Å². The van der Waals surface area contributed by atoms with Crippen molar-refractivity contribution in [3.05, 3.63) is 57.8 Å². The number of hydrogen-bond donors (Lipinski definition) is 0. The molecule has 0 saturated carbocycles. The minimum Gasteiger partial charge on any atom is -0.149 e. The fourth-order valence-electron chi connectivity index (χ4n) is 2.04. The van der Waals surface area contributed by atoms with E-state index in [0.717, 1.165) is 0 Å². The maximum atomic E-state index is 2.38. The molecule has 2 aromatic rings. The molecular formula is C16H20S. The molecule has 1 heteroatoms. The van der Waals surface area contributed by atoms with Gasteiger partial charge in [-0.2, -0.15) is 0 Å². The largest absolute Gasteiger partial charge is 0.149 e. The van der Waals surface area contributed by atoms with Crippen LogP contribution in [0.4, 0.5) is 0 Å². The van der Waals surface area contributed by atoms with Gasteiger partial charge in [-0.05, 0) is 48.3 Å². The van der Waals surface area contributed by atoms with Gasteiger partial charge in [-0.3, -0.25) is 0 Å². The molecular weight excluding hydrogens is 224 g/mol.